The van der Waals surface area contributed by atoms with E-state index < -0.39 is 0 Å². The summed E-state index contributed by atoms with van der Waals surface area (Å²) in [5, 5.41) is 0. The van der Waals surface area contributed by atoms with Crippen molar-refractivity contribution in [2.75, 3.05) is 13.2 Å². The highest BCUT2D eigenvalue weighted by Crippen LogP contribution is 2.12. The number of carbonyl (C=O) groups excluding carboxylic acids is 1. The molecule has 0 saturated carbocycles. The first-order valence-electron chi connectivity index (χ1n) is 7.01. The minimum Gasteiger partial charge on any atom is -0.461 e. The molecule has 0 aliphatic heterocycles. The highest BCUT2D eigenvalue weighted by Gasteiger charge is 2.13. The largest absolute Gasteiger partial charge is 0.461 e. The summed E-state index contributed by atoms with van der Waals surface area (Å²) >= 11 is 0. The molecule has 0 heterocycles. The van der Waals surface area contributed by atoms with Crippen LogP contribution in [0.1, 0.15) is 65.7 Å². The van der Waals surface area contributed by atoms with E-state index in [0.29, 0.717) is 6.61 Å². The molecule has 0 bridgehead atoms. The zero-order valence-electron chi connectivity index (χ0n) is 11.7. The first kappa shape index (κ1) is 16.4. The quantitative estimate of drug-likeness (QED) is 0.410. The Kier molecular flexibility index (Phi) is 11.5. The molecular weight excluding hydrogens is 216 g/mol. The van der Waals surface area contributed by atoms with Gasteiger partial charge in [0.15, 0.2) is 0 Å². The van der Waals surface area contributed by atoms with Gasteiger partial charge < -0.3 is 9.47 Å². The van der Waals surface area contributed by atoms with Crippen LogP contribution in [0.15, 0.2) is 0 Å². The topological polar surface area (TPSA) is 35.5 Å². The molecule has 0 aromatic rings. The predicted molar refractivity (Wildman–Crippen MR) is 70.0 cm³/mol. The normalized spacial score (nSPS) is 12.4. The van der Waals surface area contributed by atoms with E-state index in [1.807, 2.05) is 6.92 Å². The Hall–Kier alpha value is -0.570. The van der Waals surface area contributed by atoms with Crippen molar-refractivity contribution in [2.45, 2.75) is 71.8 Å². The van der Waals surface area contributed by atoms with Crippen LogP contribution >= 0.6 is 0 Å². The molecule has 0 aromatic carbocycles. The summed E-state index contributed by atoms with van der Waals surface area (Å²) in [5.74, 6) is -0.214. The van der Waals surface area contributed by atoms with Crippen molar-refractivity contribution in [1.29, 1.82) is 0 Å². The zero-order chi connectivity index (χ0) is 12.9. The van der Waals surface area contributed by atoms with Crippen LogP contribution < -0.4 is 0 Å². The molecule has 0 saturated heterocycles. The van der Waals surface area contributed by atoms with Gasteiger partial charge in [0.05, 0.1) is 0 Å². The van der Waals surface area contributed by atoms with Crippen LogP contribution in [0, 0.1) is 0 Å². The smallest absolute Gasteiger partial charge is 0.332 e. The molecule has 0 amide bonds. The van der Waals surface area contributed by atoms with Gasteiger partial charge in [0.1, 0.15) is 12.7 Å². The number of hydrogen-bond acceptors (Lipinski definition) is 3. The van der Waals surface area contributed by atoms with Crippen LogP contribution in [0.25, 0.3) is 0 Å². The average molecular weight is 244 g/mol. The van der Waals surface area contributed by atoms with E-state index in [-0.39, 0.29) is 18.7 Å². The van der Waals surface area contributed by atoms with Crippen LogP contribution in [-0.2, 0) is 14.3 Å². The molecule has 3 heteroatoms. The lowest BCUT2D eigenvalue weighted by atomic mass is 10.1. The number of esters is 1. The second-order valence-corrected chi connectivity index (χ2v) is 4.45. The molecule has 0 rings (SSSR count). The molecule has 0 aromatic heterocycles. The number of ether oxygens (including phenoxy) is 2. The summed E-state index contributed by atoms with van der Waals surface area (Å²) in [6, 6.07) is 0. The Balaban J connectivity index is 3.76. The molecule has 3 nitrogen and oxygen atoms in total. The van der Waals surface area contributed by atoms with Crippen molar-refractivity contribution in [3.63, 3.8) is 0 Å². The maximum absolute atomic E-state index is 11.5. The lowest BCUT2D eigenvalue weighted by Gasteiger charge is -2.17. The van der Waals surface area contributed by atoms with Gasteiger partial charge in [-0.25, -0.2) is 4.79 Å². The van der Waals surface area contributed by atoms with Gasteiger partial charge in [-0.2, -0.15) is 0 Å². The summed E-state index contributed by atoms with van der Waals surface area (Å²) in [6.07, 6.45) is 7.58. The summed E-state index contributed by atoms with van der Waals surface area (Å²) in [5.41, 5.74) is 0. The Morgan fingerprint density at radius 3 is 2.35 bits per heavy atom. The molecular formula is C14H28O3. The second-order valence-electron chi connectivity index (χ2n) is 4.45. The first-order valence-corrected chi connectivity index (χ1v) is 7.01. The number of hydrogen-bond donors (Lipinski definition) is 0. The monoisotopic (exact) mass is 244 g/mol. The highest BCUT2D eigenvalue weighted by atomic mass is 16.6. The SMILES string of the molecule is CCCCCC(CCC)OC(=O)COCCC. The van der Waals surface area contributed by atoms with E-state index in [4.69, 9.17) is 9.47 Å². The van der Waals surface area contributed by atoms with E-state index >= 15 is 0 Å². The van der Waals surface area contributed by atoms with Crippen molar-refractivity contribution < 1.29 is 14.3 Å². The molecule has 102 valence electrons. The van der Waals surface area contributed by atoms with Gasteiger partial charge in [-0.1, -0.05) is 40.0 Å². The van der Waals surface area contributed by atoms with Gasteiger partial charge in [-0.05, 0) is 25.7 Å². The average Bonchev–Trinajstić information content (AvgIpc) is 2.30. The molecule has 0 N–H and O–H groups in total. The Labute approximate surface area is 106 Å². The number of rotatable bonds is 11. The first-order chi connectivity index (χ1) is 8.24. The second kappa shape index (κ2) is 11.9. The van der Waals surface area contributed by atoms with Crippen molar-refractivity contribution in [1.82, 2.24) is 0 Å². The van der Waals surface area contributed by atoms with Gasteiger partial charge in [0.25, 0.3) is 0 Å². The van der Waals surface area contributed by atoms with Crippen LogP contribution in [-0.4, -0.2) is 25.3 Å². The van der Waals surface area contributed by atoms with Gasteiger partial charge >= 0.3 is 5.97 Å². The Morgan fingerprint density at radius 1 is 1.00 bits per heavy atom. The van der Waals surface area contributed by atoms with Crippen LogP contribution in [0.4, 0.5) is 0 Å². The van der Waals surface area contributed by atoms with E-state index in [2.05, 4.69) is 13.8 Å². The lowest BCUT2D eigenvalue weighted by molar-refractivity contribution is -0.155. The van der Waals surface area contributed by atoms with Crippen molar-refractivity contribution in [2.24, 2.45) is 0 Å². The Morgan fingerprint density at radius 2 is 1.76 bits per heavy atom. The fourth-order valence-electron chi connectivity index (χ4n) is 1.73. The van der Waals surface area contributed by atoms with Crippen LogP contribution in [0.2, 0.25) is 0 Å². The van der Waals surface area contributed by atoms with Crippen molar-refractivity contribution in [3.8, 4) is 0 Å². The minimum absolute atomic E-state index is 0.0873. The Bertz CT molecular complexity index is 180. The zero-order valence-corrected chi connectivity index (χ0v) is 11.7. The van der Waals surface area contributed by atoms with Gasteiger partial charge in [-0.3, -0.25) is 0 Å². The van der Waals surface area contributed by atoms with Gasteiger partial charge in [0.2, 0.25) is 0 Å². The molecule has 17 heavy (non-hydrogen) atoms. The molecule has 1 atom stereocenters. The number of unbranched alkanes of at least 4 members (excludes halogenated alkanes) is 2. The van der Waals surface area contributed by atoms with Crippen LogP contribution in [0.5, 0.6) is 0 Å². The maximum Gasteiger partial charge on any atom is 0.332 e. The fraction of sp³-hybridized carbons (Fsp3) is 0.929. The molecule has 0 fully saturated rings. The van der Waals surface area contributed by atoms with E-state index in [1.54, 1.807) is 0 Å². The third kappa shape index (κ3) is 10.3. The van der Waals surface area contributed by atoms with E-state index in [1.165, 1.54) is 12.8 Å². The molecule has 0 spiro atoms. The van der Waals surface area contributed by atoms with Gasteiger partial charge in [0, 0.05) is 6.61 Å². The molecule has 0 aliphatic rings. The lowest BCUT2D eigenvalue weighted by Crippen LogP contribution is -2.21. The fourth-order valence-corrected chi connectivity index (χ4v) is 1.73. The third-order valence-corrected chi connectivity index (χ3v) is 2.61. The highest BCUT2D eigenvalue weighted by molar-refractivity contribution is 5.70. The summed E-state index contributed by atoms with van der Waals surface area (Å²) in [6.45, 7) is 7.05. The maximum atomic E-state index is 11.5. The van der Waals surface area contributed by atoms with Crippen molar-refractivity contribution >= 4 is 5.97 Å². The van der Waals surface area contributed by atoms with Crippen molar-refractivity contribution in [3.05, 3.63) is 0 Å². The molecule has 0 aliphatic carbocycles. The van der Waals surface area contributed by atoms with Gasteiger partial charge in [-0.15, -0.1) is 0 Å². The minimum atomic E-state index is -0.214. The van der Waals surface area contributed by atoms with Crippen LogP contribution in [0.3, 0.4) is 0 Å². The summed E-state index contributed by atoms with van der Waals surface area (Å²) in [7, 11) is 0. The molecule has 0 radical (unpaired) electrons. The van der Waals surface area contributed by atoms with E-state index in [0.717, 1.165) is 32.1 Å². The standard InChI is InChI=1S/C14H28O3/c1-4-7-8-10-13(9-5-2)17-14(15)12-16-11-6-3/h13H,4-12H2,1-3H3. The predicted octanol–water partition coefficient (Wildman–Crippen LogP) is 3.71. The summed E-state index contributed by atoms with van der Waals surface area (Å²) in [4.78, 5) is 11.5. The number of carbonyl (C=O) groups is 1. The third-order valence-electron chi connectivity index (χ3n) is 2.61. The van der Waals surface area contributed by atoms with E-state index in [9.17, 15) is 4.79 Å². The summed E-state index contributed by atoms with van der Waals surface area (Å²) < 4.78 is 10.6. The molecule has 1 unspecified atom stereocenters.